The number of ketones is 1. The molecule has 0 aliphatic heterocycles. The Morgan fingerprint density at radius 2 is 2.16 bits per heavy atom. The first kappa shape index (κ1) is 13.5. The third kappa shape index (κ3) is 2.90. The van der Waals surface area contributed by atoms with Crippen molar-refractivity contribution in [3.8, 4) is 0 Å². The molecular weight excluding hydrogens is 240 g/mol. The van der Waals surface area contributed by atoms with Gasteiger partial charge in [0.25, 0.3) is 0 Å². The van der Waals surface area contributed by atoms with E-state index in [0.29, 0.717) is 24.4 Å². The van der Waals surface area contributed by atoms with Crippen LogP contribution in [-0.4, -0.2) is 24.5 Å². The minimum absolute atomic E-state index is 0.00880. The fourth-order valence-electron chi connectivity index (χ4n) is 2.01. The second-order valence-corrected chi connectivity index (χ2v) is 4.66. The fraction of sp³-hybridized carbons (Fsp3) is 0.333. The molecule has 0 radical (unpaired) electrons. The summed E-state index contributed by atoms with van der Waals surface area (Å²) in [4.78, 5) is 16.7. The van der Waals surface area contributed by atoms with Gasteiger partial charge in [-0.05, 0) is 18.6 Å². The van der Waals surface area contributed by atoms with Crippen molar-refractivity contribution in [1.29, 1.82) is 0 Å². The normalized spacial score (nSPS) is 12.5. The highest BCUT2D eigenvalue weighted by Gasteiger charge is 2.17. The monoisotopic (exact) mass is 258 g/mol. The van der Waals surface area contributed by atoms with E-state index in [2.05, 4.69) is 4.98 Å². The van der Waals surface area contributed by atoms with Crippen LogP contribution >= 0.6 is 0 Å². The van der Waals surface area contributed by atoms with Gasteiger partial charge < -0.3 is 10.5 Å². The van der Waals surface area contributed by atoms with Crippen LogP contribution in [0.15, 0.2) is 30.3 Å². The minimum atomic E-state index is -0.118. The number of benzene rings is 1. The first-order valence-corrected chi connectivity index (χ1v) is 6.32. The van der Waals surface area contributed by atoms with E-state index >= 15 is 0 Å². The van der Waals surface area contributed by atoms with Crippen LogP contribution in [0.2, 0.25) is 0 Å². The third-order valence-electron chi connectivity index (χ3n) is 3.20. The van der Waals surface area contributed by atoms with E-state index < -0.39 is 0 Å². The van der Waals surface area contributed by atoms with Crippen LogP contribution < -0.4 is 5.73 Å². The van der Waals surface area contributed by atoms with E-state index in [1.807, 2.05) is 31.2 Å². The summed E-state index contributed by atoms with van der Waals surface area (Å²) >= 11 is 0. The minimum Gasteiger partial charge on any atom is -0.398 e. The lowest BCUT2D eigenvalue weighted by Crippen LogP contribution is -2.15. The van der Waals surface area contributed by atoms with Crippen molar-refractivity contribution >= 4 is 22.4 Å². The van der Waals surface area contributed by atoms with Gasteiger partial charge in [-0.3, -0.25) is 4.79 Å². The number of nitrogen functional groups attached to an aromatic ring is 1. The number of hydrogen-bond donors (Lipinski definition) is 1. The molecule has 0 saturated carbocycles. The molecule has 4 heteroatoms. The van der Waals surface area contributed by atoms with Gasteiger partial charge in [-0.15, -0.1) is 0 Å². The maximum atomic E-state index is 12.3. The molecule has 0 spiro atoms. The summed E-state index contributed by atoms with van der Waals surface area (Å²) in [6.07, 6.45) is 0.684. The van der Waals surface area contributed by atoms with E-state index in [1.165, 1.54) is 0 Å². The average Bonchev–Trinajstić information content (AvgIpc) is 2.43. The summed E-state index contributed by atoms with van der Waals surface area (Å²) in [6.45, 7) is 2.45. The number of aromatic nitrogens is 1. The Morgan fingerprint density at radius 1 is 1.42 bits per heavy atom. The van der Waals surface area contributed by atoms with Gasteiger partial charge in [-0.25, -0.2) is 4.98 Å². The Kier molecular flexibility index (Phi) is 4.12. The van der Waals surface area contributed by atoms with Gasteiger partial charge in [0, 0.05) is 30.7 Å². The van der Waals surface area contributed by atoms with Crippen LogP contribution in [0.1, 0.15) is 23.8 Å². The van der Waals surface area contributed by atoms with E-state index in [1.54, 1.807) is 13.2 Å². The number of carbonyl (C=O) groups is 1. The third-order valence-corrected chi connectivity index (χ3v) is 3.20. The molecule has 4 nitrogen and oxygen atoms in total. The van der Waals surface area contributed by atoms with Gasteiger partial charge in [0.15, 0.2) is 5.78 Å². The Labute approximate surface area is 112 Å². The predicted molar refractivity (Wildman–Crippen MR) is 76.1 cm³/mol. The molecular formula is C15H18N2O2. The fourth-order valence-corrected chi connectivity index (χ4v) is 2.01. The molecule has 100 valence electrons. The molecule has 0 saturated heterocycles. The van der Waals surface area contributed by atoms with E-state index in [0.717, 1.165) is 10.9 Å². The zero-order chi connectivity index (χ0) is 13.8. The van der Waals surface area contributed by atoms with Crippen LogP contribution in [0.25, 0.3) is 10.9 Å². The predicted octanol–water partition coefficient (Wildman–Crippen LogP) is 2.67. The molecule has 2 aromatic rings. The number of nitrogens with zero attached hydrogens (tertiary/aromatic N) is 1. The number of pyridine rings is 1. The number of para-hydroxylation sites is 1. The lowest BCUT2D eigenvalue weighted by Gasteiger charge is -2.11. The summed E-state index contributed by atoms with van der Waals surface area (Å²) in [5.74, 6) is -0.109. The van der Waals surface area contributed by atoms with Crippen molar-refractivity contribution in [2.24, 2.45) is 5.92 Å². The average molecular weight is 258 g/mol. The van der Waals surface area contributed by atoms with Gasteiger partial charge in [0.2, 0.25) is 0 Å². The second-order valence-electron chi connectivity index (χ2n) is 4.66. The van der Waals surface area contributed by atoms with Crippen molar-refractivity contribution < 1.29 is 9.53 Å². The molecule has 1 atom stereocenters. The number of rotatable bonds is 5. The van der Waals surface area contributed by atoms with E-state index in [9.17, 15) is 4.79 Å². The highest BCUT2D eigenvalue weighted by atomic mass is 16.5. The number of fused-ring (bicyclic) bond motifs is 1. The largest absolute Gasteiger partial charge is 0.398 e. The first-order chi connectivity index (χ1) is 9.13. The number of Topliss-reactive ketones (excluding diaryl/α,β-unsaturated/α-hetero) is 1. The van der Waals surface area contributed by atoms with Gasteiger partial charge in [0.1, 0.15) is 5.69 Å². The Hall–Kier alpha value is -1.94. The Bertz CT molecular complexity index is 596. The zero-order valence-corrected chi connectivity index (χ0v) is 11.2. The van der Waals surface area contributed by atoms with Crippen LogP contribution in [0.5, 0.6) is 0 Å². The van der Waals surface area contributed by atoms with Gasteiger partial charge in [-0.2, -0.15) is 0 Å². The van der Waals surface area contributed by atoms with Crippen LogP contribution in [0.3, 0.4) is 0 Å². The van der Waals surface area contributed by atoms with Crippen LogP contribution in [0.4, 0.5) is 5.69 Å². The highest BCUT2D eigenvalue weighted by molar-refractivity contribution is 6.01. The second kappa shape index (κ2) is 5.80. The van der Waals surface area contributed by atoms with Gasteiger partial charge in [0.05, 0.1) is 5.52 Å². The lowest BCUT2D eigenvalue weighted by atomic mass is 9.99. The smallest absolute Gasteiger partial charge is 0.184 e. The molecule has 1 unspecified atom stereocenters. The highest BCUT2D eigenvalue weighted by Crippen LogP contribution is 2.22. The van der Waals surface area contributed by atoms with Crippen molar-refractivity contribution in [3.63, 3.8) is 0 Å². The van der Waals surface area contributed by atoms with Crippen LogP contribution in [0, 0.1) is 5.92 Å². The Balaban J connectivity index is 2.32. The standard InChI is InChI=1S/C15H18N2O2/c1-10(7-8-19-2)15(18)14-9-12(16)11-5-3-4-6-13(11)17-14/h3-6,9-10H,7-8H2,1-2H3,(H2,16,17). The van der Waals surface area contributed by atoms with Crippen molar-refractivity contribution in [2.45, 2.75) is 13.3 Å². The first-order valence-electron chi connectivity index (χ1n) is 6.32. The molecule has 2 rings (SSSR count). The molecule has 0 aliphatic carbocycles. The number of hydrogen-bond acceptors (Lipinski definition) is 4. The summed E-state index contributed by atoms with van der Waals surface area (Å²) in [5, 5.41) is 0.878. The van der Waals surface area contributed by atoms with Gasteiger partial charge >= 0.3 is 0 Å². The maximum absolute atomic E-state index is 12.3. The van der Waals surface area contributed by atoms with Crippen molar-refractivity contribution in [2.75, 3.05) is 19.5 Å². The van der Waals surface area contributed by atoms with E-state index in [4.69, 9.17) is 10.5 Å². The molecule has 0 bridgehead atoms. The molecule has 19 heavy (non-hydrogen) atoms. The topological polar surface area (TPSA) is 65.2 Å². The number of nitrogens with two attached hydrogens (primary N) is 1. The molecule has 2 N–H and O–H groups in total. The maximum Gasteiger partial charge on any atom is 0.184 e. The van der Waals surface area contributed by atoms with Crippen molar-refractivity contribution in [3.05, 3.63) is 36.0 Å². The number of ether oxygens (including phenoxy) is 1. The molecule has 0 amide bonds. The van der Waals surface area contributed by atoms with Crippen LogP contribution in [-0.2, 0) is 4.74 Å². The summed E-state index contributed by atoms with van der Waals surface area (Å²) in [7, 11) is 1.63. The zero-order valence-electron chi connectivity index (χ0n) is 11.2. The summed E-state index contributed by atoms with van der Waals surface area (Å²) < 4.78 is 5.00. The van der Waals surface area contributed by atoms with Gasteiger partial charge in [-0.1, -0.05) is 25.1 Å². The SMILES string of the molecule is COCCC(C)C(=O)c1cc(N)c2ccccc2n1. The molecule has 0 aliphatic rings. The number of carbonyl (C=O) groups excluding carboxylic acids is 1. The number of anilines is 1. The molecule has 0 fully saturated rings. The van der Waals surface area contributed by atoms with Crippen molar-refractivity contribution in [1.82, 2.24) is 4.98 Å². The molecule has 1 heterocycles. The quantitative estimate of drug-likeness (QED) is 0.837. The summed E-state index contributed by atoms with van der Waals surface area (Å²) in [6, 6.07) is 9.22. The Morgan fingerprint density at radius 3 is 2.89 bits per heavy atom. The summed E-state index contributed by atoms with van der Waals surface area (Å²) in [5.41, 5.74) is 7.75. The lowest BCUT2D eigenvalue weighted by molar-refractivity contribution is 0.0889. The number of methoxy groups -OCH3 is 1. The van der Waals surface area contributed by atoms with E-state index in [-0.39, 0.29) is 11.7 Å². The molecule has 1 aromatic heterocycles. The molecule has 1 aromatic carbocycles.